The van der Waals surface area contributed by atoms with Crippen LogP contribution in [0.1, 0.15) is 13.3 Å². The maximum absolute atomic E-state index is 11.7. The molecule has 0 saturated carbocycles. The van der Waals surface area contributed by atoms with Crippen molar-refractivity contribution in [2.24, 2.45) is 0 Å². The lowest BCUT2D eigenvalue weighted by Crippen LogP contribution is -2.51. The first-order valence-electron chi connectivity index (χ1n) is 5.56. The Labute approximate surface area is 103 Å². The van der Waals surface area contributed by atoms with Gasteiger partial charge in [0, 0.05) is 25.3 Å². The van der Waals surface area contributed by atoms with Gasteiger partial charge in [0.05, 0.1) is 6.10 Å². The third-order valence-corrected chi connectivity index (χ3v) is 4.10. The van der Waals surface area contributed by atoms with Crippen molar-refractivity contribution in [2.75, 3.05) is 18.9 Å². The largest absolute Gasteiger partial charge is 0.385 e. The molecule has 3 unspecified atom stereocenters. The molecule has 0 aliphatic carbocycles. The van der Waals surface area contributed by atoms with E-state index in [9.17, 15) is 14.7 Å². The van der Waals surface area contributed by atoms with E-state index in [1.807, 2.05) is 0 Å². The zero-order valence-electron chi connectivity index (χ0n) is 9.56. The van der Waals surface area contributed by atoms with E-state index in [4.69, 9.17) is 4.74 Å². The summed E-state index contributed by atoms with van der Waals surface area (Å²) in [5, 5.41) is 15.2. The number of rotatable bonds is 3. The highest BCUT2D eigenvalue weighted by Gasteiger charge is 2.40. The molecule has 96 valence electrons. The maximum Gasteiger partial charge on any atom is 0.279 e. The van der Waals surface area contributed by atoms with Gasteiger partial charge < -0.3 is 20.5 Å². The first kappa shape index (κ1) is 12.7. The Hall–Kier alpha value is -0.790. The third kappa shape index (κ3) is 2.72. The number of nitrogens with one attached hydrogen (secondary N) is 2. The summed E-state index contributed by atoms with van der Waals surface area (Å²) in [5.41, 5.74) is -0.995. The van der Waals surface area contributed by atoms with Gasteiger partial charge in [-0.3, -0.25) is 9.59 Å². The summed E-state index contributed by atoms with van der Waals surface area (Å²) >= 11 is 1.09. The van der Waals surface area contributed by atoms with E-state index in [1.54, 1.807) is 6.92 Å². The topological polar surface area (TPSA) is 87.7 Å². The highest BCUT2D eigenvalue weighted by Crippen LogP contribution is 2.24. The molecule has 2 heterocycles. The minimum Gasteiger partial charge on any atom is -0.385 e. The first-order valence-corrected chi connectivity index (χ1v) is 6.55. The van der Waals surface area contributed by atoms with Crippen molar-refractivity contribution in [3.8, 4) is 0 Å². The van der Waals surface area contributed by atoms with Crippen LogP contribution < -0.4 is 10.6 Å². The highest BCUT2D eigenvalue weighted by atomic mass is 32.2. The molecular formula is C10H16N2O4S. The Morgan fingerprint density at radius 3 is 3.06 bits per heavy atom. The van der Waals surface area contributed by atoms with Crippen LogP contribution in [-0.2, 0) is 9.53 Å². The molecule has 2 saturated heterocycles. The van der Waals surface area contributed by atoms with E-state index < -0.39 is 11.6 Å². The molecule has 0 radical (unpaired) electrons. The summed E-state index contributed by atoms with van der Waals surface area (Å²) in [4.78, 5) is 22.6. The third-order valence-electron chi connectivity index (χ3n) is 3.22. The number of hydrogen-bond acceptors (Lipinski definition) is 5. The summed E-state index contributed by atoms with van der Waals surface area (Å²) in [6.07, 6.45) is 0.232. The number of hydrogen-bond donors (Lipinski definition) is 3. The number of aliphatic hydroxyl groups is 1. The molecule has 0 aromatic heterocycles. The molecule has 0 spiro atoms. The summed E-state index contributed by atoms with van der Waals surface area (Å²) in [7, 11) is 0. The number of amides is 2. The van der Waals surface area contributed by atoms with Crippen LogP contribution in [0.5, 0.6) is 0 Å². The fourth-order valence-corrected chi connectivity index (χ4v) is 2.67. The molecule has 17 heavy (non-hydrogen) atoms. The molecule has 6 nitrogen and oxygen atoms in total. The van der Waals surface area contributed by atoms with Crippen molar-refractivity contribution in [1.29, 1.82) is 0 Å². The Morgan fingerprint density at radius 2 is 2.53 bits per heavy atom. The molecule has 2 amide bonds. The zero-order chi connectivity index (χ0) is 12.5. The molecule has 3 atom stereocenters. The molecule has 2 aliphatic heterocycles. The minimum absolute atomic E-state index is 0.157. The second-order valence-corrected chi connectivity index (χ2v) is 5.37. The quantitative estimate of drug-likeness (QED) is 0.635. The van der Waals surface area contributed by atoms with Gasteiger partial charge in [0.15, 0.2) is 0 Å². The predicted molar refractivity (Wildman–Crippen MR) is 62.8 cm³/mol. The first-order chi connectivity index (χ1) is 8.01. The maximum atomic E-state index is 11.7. The Balaban J connectivity index is 1.82. The number of carbonyl (C=O) groups excluding carboxylic acids is 2. The Kier molecular flexibility index (Phi) is 3.60. The molecule has 2 rings (SSSR count). The van der Waals surface area contributed by atoms with Crippen LogP contribution in [-0.4, -0.2) is 52.9 Å². The molecule has 3 N–H and O–H groups in total. The van der Waals surface area contributed by atoms with E-state index in [2.05, 4.69) is 10.6 Å². The Bertz CT molecular complexity index is 338. The van der Waals surface area contributed by atoms with Gasteiger partial charge in [0.2, 0.25) is 5.91 Å². The van der Waals surface area contributed by atoms with E-state index in [0.717, 1.165) is 11.8 Å². The second kappa shape index (κ2) is 4.83. The minimum atomic E-state index is -0.995. The standard InChI is InChI=1S/C10H16N2O4S/c1-6-10(15,2-3-16-6)5-11-8(13)7-4-17-9(14)12-7/h6-7,15H,2-5H2,1H3,(H,11,13)(H,12,14). The van der Waals surface area contributed by atoms with Gasteiger partial charge in [-0.1, -0.05) is 11.8 Å². The van der Waals surface area contributed by atoms with Gasteiger partial charge in [0.1, 0.15) is 11.6 Å². The van der Waals surface area contributed by atoms with E-state index in [-0.39, 0.29) is 23.8 Å². The molecule has 7 heteroatoms. The van der Waals surface area contributed by atoms with E-state index in [1.165, 1.54) is 0 Å². The van der Waals surface area contributed by atoms with Gasteiger partial charge in [-0.2, -0.15) is 0 Å². The number of thioether (sulfide) groups is 1. The monoisotopic (exact) mass is 260 g/mol. The van der Waals surface area contributed by atoms with Crippen LogP contribution in [0.3, 0.4) is 0 Å². The van der Waals surface area contributed by atoms with Crippen LogP contribution in [0.4, 0.5) is 4.79 Å². The fourth-order valence-electron chi connectivity index (χ4n) is 1.89. The van der Waals surface area contributed by atoms with Crippen LogP contribution >= 0.6 is 11.8 Å². The smallest absolute Gasteiger partial charge is 0.279 e. The average molecular weight is 260 g/mol. The molecule has 0 aromatic rings. The van der Waals surface area contributed by atoms with Crippen molar-refractivity contribution in [1.82, 2.24) is 10.6 Å². The molecule has 0 bridgehead atoms. The van der Waals surface area contributed by atoms with Crippen molar-refractivity contribution in [3.05, 3.63) is 0 Å². The van der Waals surface area contributed by atoms with Crippen LogP contribution in [0.2, 0.25) is 0 Å². The molecule has 0 aromatic carbocycles. The van der Waals surface area contributed by atoms with Crippen LogP contribution in [0.25, 0.3) is 0 Å². The number of carbonyl (C=O) groups is 2. The molecular weight excluding hydrogens is 244 g/mol. The van der Waals surface area contributed by atoms with E-state index >= 15 is 0 Å². The zero-order valence-corrected chi connectivity index (χ0v) is 10.4. The average Bonchev–Trinajstić information content (AvgIpc) is 2.84. The number of ether oxygens (including phenoxy) is 1. The predicted octanol–water partition coefficient (Wildman–Crippen LogP) is -0.532. The fraction of sp³-hybridized carbons (Fsp3) is 0.800. The van der Waals surface area contributed by atoms with Crippen molar-refractivity contribution in [3.63, 3.8) is 0 Å². The van der Waals surface area contributed by atoms with Crippen LogP contribution in [0, 0.1) is 0 Å². The summed E-state index contributed by atoms with van der Waals surface area (Å²) < 4.78 is 5.27. The second-order valence-electron chi connectivity index (χ2n) is 4.38. The van der Waals surface area contributed by atoms with E-state index in [0.29, 0.717) is 18.8 Å². The summed E-state index contributed by atoms with van der Waals surface area (Å²) in [5.74, 6) is 0.186. The highest BCUT2D eigenvalue weighted by molar-refractivity contribution is 8.14. The summed E-state index contributed by atoms with van der Waals surface area (Å²) in [6.45, 7) is 2.44. The lowest BCUT2D eigenvalue weighted by molar-refractivity contribution is -0.124. The SMILES string of the molecule is CC1OCCC1(O)CNC(=O)C1CSC(=O)N1. The summed E-state index contributed by atoms with van der Waals surface area (Å²) in [6, 6.07) is -0.492. The lowest BCUT2D eigenvalue weighted by atomic mass is 9.96. The van der Waals surface area contributed by atoms with Crippen molar-refractivity contribution in [2.45, 2.75) is 31.1 Å². The Morgan fingerprint density at radius 1 is 1.76 bits per heavy atom. The van der Waals surface area contributed by atoms with Gasteiger partial charge in [-0.15, -0.1) is 0 Å². The lowest BCUT2D eigenvalue weighted by Gasteiger charge is -2.26. The van der Waals surface area contributed by atoms with Crippen LogP contribution in [0.15, 0.2) is 0 Å². The molecule has 2 fully saturated rings. The normalized spacial score (nSPS) is 36.9. The van der Waals surface area contributed by atoms with Gasteiger partial charge in [0.25, 0.3) is 5.24 Å². The molecule has 2 aliphatic rings. The van der Waals surface area contributed by atoms with Crippen molar-refractivity contribution >= 4 is 22.9 Å². The van der Waals surface area contributed by atoms with Gasteiger partial charge >= 0.3 is 0 Å². The van der Waals surface area contributed by atoms with Crippen molar-refractivity contribution < 1.29 is 19.4 Å². The van der Waals surface area contributed by atoms with Gasteiger partial charge in [-0.25, -0.2) is 0 Å². The van der Waals surface area contributed by atoms with Gasteiger partial charge in [-0.05, 0) is 6.92 Å².